The average molecular weight is 283 g/mol. The molecule has 1 aliphatic heterocycles. The monoisotopic (exact) mass is 283 g/mol. The molecule has 0 radical (unpaired) electrons. The number of hydrogen-bond donors (Lipinski definition) is 6. The number of ether oxygens (including phenoxy) is 2. The van der Waals surface area contributed by atoms with Crippen molar-refractivity contribution in [2.75, 3.05) is 12.3 Å². The van der Waals surface area contributed by atoms with Crippen LogP contribution in [0.3, 0.4) is 0 Å². The van der Waals surface area contributed by atoms with E-state index < -0.39 is 24.6 Å². The molecule has 1 fully saturated rings. The van der Waals surface area contributed by atoms with Crippen molar-refractivity contribution < 1.29 is 24.8 Å². The molecule has 0 aromatic heterocycles. The zero-order chi connectivity index (χ0) is 14.9. The van der Waals surface area contributed by atoms with Gasteiger partial charge in [0.15, 0.2) is 6.29 Å². The third-order valence-electron chi connectivity index (χ3n) is 3.07. The Morgan fingerprint density at radius 1 is 1.30 bits per heavy atom. The Morgan fingerprint density at radius 3 is 2.55 bits per heavy atom. The number of nitrogens with two attached hydrogens (primary N) is 2. The minimum Gasteiger partial charge on any atom is -0.490 e. The molecular weight excluding hydrogens is 266 g/mol. The Bertz CT molecular complexity index is 510. The summed E-state index contributed by atoms with van der Waals surface area (Å²) in [7, 11) is 0. The van der Waals surface area contributed by atoms with Gasteiger partial charge < -0.3 is 36.3 Å². The predicted octanol–water partition coefficient (Wildman–Crippen LogP) is -1.63. The molecule has 4 unspecified atom stereocenters. The van der Waals surface area contributed by atoms with E-state index in [0.29, 0.717) is 5.69 Å². The molecule has 0 spiro atoms. The molecule has 20 heavy (non-hydrogen) atoms. The van der Waals surface area contributed by atoms with Crippen LogP contribution >= 0.6 is 0 Å². The normalized spacial score (nSPS) is 29.4. The van der Waals surface area contributed by atoms with E-state index >= 15 is 0 Å². The zero-order valence-corrected chi connectivity index (χ0v) is 10.6. The van der Waals surface area contributed by atoms with Gasteiger partial charge in [0, 0.05) is 5.69 Å². The molecular formula is C12H17N3O5. The third kappa shape index (κ3) is 2.68. The first-order valence-electron chi connectivity index (χ1n) is 5.97. The fourth-order valence-corrected chi connectivity index (χ4v) is 2.00. The van der Waals surface area contributed by atoms with Crippen molar-refractivity contribution in [1.29, 1.82) is 5.41 Å². The minimum absolute atomic E-state index is 0.126. The fourth-order valence-electron chi connectivity index (χ4n) is 2.00. The first-order chi connectivity index (χ1) is 9.41. The molecule has 4 atom stereocenters. The molecule has 1 saturated heterocycles. The van der Waals surface area contributed by atoms with Gasteiger partial charge in [-0.3, -0.25) is 5.41 Å². The smallest absolute Gasteiger partial charge is 0.184 e. The standard InChI is InChI=1S/C12H17N3O5/c13-5-2-1-3-6(8(5)11(14)15)19-4-7-9(16)10(17)12(18)20-7/h1-3,7,9-10,12,16-18H,4,13H2,(H3,14,15). The van der Waals surface area contributed by atoms with E-state index in [4.69, 9.17) is 26.4 Å². The van der Waals surface area contributed by atoms with Gasteiger partial charge in [-0.15, -0.1) is 0 Å². The second-order valence-electron chi connectivity index (χ2n) is 4.49. The highest BCUT2D eigenvalue weighted by atomic mass is 16.7. The van der Waals surface area contributed by atoms with Crippen LogP contribution < -0.4 is 16.2 Å². The maximum Gasteiger partial charge on any atom is 0.184 e. The maximum absolute atomic E-state index is 9.63. The highest BCUT2D eigenvalue weighted by molar-refractivity contribution is 6.02. The SMILES string of the molecule is N=C(N)c1c(N)cccc1OCC1OC(O)C(O)C1O. The molecule has 1 heterocycles. The van der Waals surface area contributed by atoms with Crippen molar-refractivity contribution in [2.45, 2.75) is 24.6 Å². The second kappa shape index (κ2) is 5.63. The number of aliphatic hydroxyl groups is 3. The number of nitrogens with one attached hydrogen (secondary N) is 1. The molecule has 1 aromatic carbocycles. The molecule has 0 bridgehead atoms. The largest absolute Gasteiger partial charge is 0.490 e. The first kappa shape index (κ1) is 14.5. The molecule has 8 N–H and O–H groups in total. The van der Waals surface area contributed by atoms with Crippen molar-refractivity contribution >= 4 is 11.5 Å². The predicted molar refractivity (Wildman–Crippen MR) is 70.3 cm³/mol. The summed E-state index contributed by atoms with van der Waals surface area (Å²) in [5, 5.41) is 35.7. The van der Waals surface area contributed by atoms with Crippen LogP contribution in [0.15, 0.2) is 18.2 Å². The lowest BCUT2D eigenvalue weighted by molar-refractivity contribution is -0.131. The summed E-state index contributed by atoms with van der Waals surface area (Å²) in [6.45, 7) is -0.126. The summed E-state index contributed by atoms with van der Waals surface area (Å²) in [5.41, 5.74) is 11.7. The van der Waals surface area contributed by atoms with E-state index in [1.54, 1.807) is 18.2 Å². The minimum atomic E-state index is -1.45. The van der Waals surface area contributed by atoms with E-state index in [1.165, 1.54) is 0 Å². The van der Waals surface area contributed by atoms with Crippen LogP contribution in [0, 0.1) is 5.41 Å². The number of nitrogen functional groups attached to an aromatic ring is 2. The Balaban J connectivity index is 2.09. The zero-order valence-electron chi connectivity index (χ0n) is 10.6. The van der Waals surface area contributed by atoms with Crippen LogP contribution in [0.1, 0.15) is 5.56 Å². The summed E-state index contributed by atoms with van der Waals surface area (Å²) in [6.07, 6.45) is -4.98. The van der Waals surface area contributed by atoms with Gasteiger partial charge in [0.2, 0.25) is 0 Å². The summed E-state index contributed by atoms with van der Waals surface area (Å²) in [5.74, 6) is 0.0234. The summed E-state index contributed by atoms with van der Waals surface area (Å²) < 4.78 is 10.4. The molecule has 0 saturated carbocycles. The lowest BCUT2D eigenvalue weighted by Gasteiger charge is -2.17. The number of benzene rings is 1. The van der Waals surface area contributed by atoms with Crippen LogP contribution in [0.25, 0.3) is 0 Å². The molecule has 0 aliphatic carbocycles. The van der Waals surface area contributed by atoms with E-state index in [-0.39, 0.29) is 23.8 Å². The van der Waals surface area contributed by atoms with Gasteiger partial charge in [-0.05, 0) is 12.1 Å². The maximum atomic E-state index is 9.63. The number of rotatable bonds is 4. The molecule has 110 valence electrons. The topological polar surface area (TPSA) is 155 Å². The number of hydrogen-bond acceptors (Lipinski definition) is 7. The Labute approximate surface area is 115 Å². The lowest BCUT2D eigenvalue weighted by Crippen LogP contribution is -2.35. The quantitative estimate of drug-likeness (QED) is 0.220. The Morgan fingerprint density at radius 2 is 2.00 bits per heavy atom. The van der Waals surface area contributed by atoms with Crippen LogP contribution in [0.2, 0.25) is 0 Å². The van der Waals surface area contributed by atoms with Gasteiger partial charge in [-0.25, -0.2) is 0 Å². The highest BCUT2D eigenvalue weighted by Crippen LogP contribution is 2.26. The van der Waals surface area contributed by atoms with Crippen molar-refractivity contribution in [3.8, 4) is 5.75 Å². The van der Waals surface area contributed by atoms with Gasteiger partial charge >= 0.3 is 0 Å². The third-order valence-corrected chi connectivity index (χ3v) is 3.07. The van der Waals surface area contributed by atoms with Gasteiger partial charge in [0.1, 0.15) is 36.5 Å². The highest BCUT2D eigenvalue weighted by Gasteiger charge is 2.42. The summed E-state index contributed by atoms with van der Waals surface area (Å²) >= 11 is 0. The van der Waals surface area contributed by atoms with E-state index in [9.17, 15) is 15.3 Å². The Hall–Kier alpha value is -1.87. The van der Waals surface area contributed by atoms with Crippen LogP contribution in [-0.2, 0) is 4.74 Å². The van der Waals surface area contributed by atoms with Gasteiger partial charge in [0.05, 0.1) is 5.56 Å². The van der Waals surface area contributed by atoms with Crippen molar-refractivity contribution in [2.24, 2.45) is 5.73 Å². The van der Waals surface area contributed by atoms with Crippen molar-refractivity contribution in [3.05, 3.63) is 23.8 Å². The average Bonchev–Trinajstić information content (AvgIpc) is 2.63. The molecule has 1 aliphatic rings. The molecule has 8 nitrogen and oxygen atoms in total. The second-order valence-corrected chi connectivity index (χ2v) is 4.49. The van der Waals surface area contributed by atoms with E-state index in [1.807, 2.05) is 0 Å². The lowest BCUT2D eigenvalue weighted by atomic mass is 10.1. The van der Waals surface area contributed by atoms with E-state index in [2.05, 4.69) is 0 Å². The number of anilines is 1. The fraction of sp³-hybridized carbons (Fsp3) is 0.417. The van der Waals surface area contributed by atoms with Gasteiger partial charge in [-0.2, -0.15) is 0 Å². The van der Waals surface area contributed by atoms with Crippen molar-refractivity contribution in [3.63, 3.8) is 0 Å². The van der Waals surface area contributed by atoms with Gasteiger partial charge in [0.25, 0.3) is 0 Å². The van der Waals surface area contributed by atoms with Crippen LogP contribution in [0.4, 0.5) is 5.69 Å². The number of amidine groups is 1. The Kier molecular flexibility index (Phi) is 4.09. The number of aliphatic hydroxyl groups excluding tert-OH is 3. The van der Waals surface area contributed by atoms with E-state index in [0.717, 1.165) is 0 Å². The first-order valence-corrected chi connectivity index (χ1v) is 5.97. The molecule has 1 aromatic rings. The molecule has 2 rings (SSSR count). The molecule has 8 heteroatoms. The van der Waals surface area contributed by atoms with Crippen LogP contribution in [-0.4, -0.2) is 52.4 Å². The summed E-state index contributed by atoms with van der Waals surface area (Å²) in [6, 6.07) is 4.78. The van der Waals surface area contributed by atoms with Crippen molar-refractivity contribution in [1.82, 2.24) is 0 Å². The van der Waals surface area contributed by atoms with Gasteiger partial charge in [-0.1, -0.05) is 6.07 Å². The van der Waals surface area contributed by atoms with Crippen LogP contribution in [0.5, 0.6) is 5.75 Å². The molecule has 0 amide bonds. The summed E-state index contributed by atoms with van der Waals surface area (Å²) in [4.78, 5) is 0.